The number of benzene rings is 1. The van der Waals surface area contributed by atoms with Gasteiger partial charge in [-0.1, -0.05) is 37.1 Å². The Bertz CT molecular complexity index is 379. The van der Waals surface area contributed by atoms with Crippen LogP contribution in [0.15, 0.2) is 24.3 Å². The normalized spacial score (nSPS) is 12.2. The Hall–Kier alpha value is -1.06. The van der Waals surface area contributed by atoms with Gasteiger partial charge in [0.25, 0.3) is 0 Å². The van der Waals surface area contributed by atoms with Gasteiger partial charge in [0.05, 0.1) is 17.2 Å². The molecule has 0 saturated carbocycles. The lowest BCUT2D eigenvalue weighted by atomic mass is 10.2. The van der Waals surface area contributed by atoms with E-state index < -0.39 is 5.97 Å². The molecule has 1 aromatic carbocycles. The molecule has 1 unspecified atom stereocenters. The number of rotatable bonds is 7. The number of hydrogen-bond acceptors (Lipinski definition) is 3. The Kier molecular flexibility index (Phi) is 6.76. The summed E-state index contributed by atoms with van der Waals surface area (Å²) in [7, 11) is 0. The topological polar surface area (TPSA) is 35.5 Å². The maximum atomic E-state index is 11.8. The van der Waals surface area contributed by atoms with Crippen LogP contribution in [0.25, 0.3) is 0 Å². The van der Waals surface area contributed by atoms with Gasteiger partial charge in [-0.3, -0.25) is 0 Å². The van der Waals surface area contributed by atoms with E-state index in [0.717, 1.165) is 12.8 Å². The fourth-order valence-corrected chi connectivity index (χ4v) is 1.62. The zero-order valence-electron chi connectivity index (χ0n) is 10.8. The summed E-state index contributed by atoms with van der Waals surface area (Å²) in [6.45, 7) is 5.02. The molecule has 0 heterocycles. The molecule has 0 amide bonds. The Morgan fingerprint density at radius 3 is 2.78 bits per heavy atom. The molecule has 0 aliphatic carbocycles. The van der Waals surface area contributed by atoms with Gasteiger partial charge >= 0.3 is 5.97 Å². The molecule has 0 bridgehead atoms. The van der Waals surface area contributed by atoms with Crippen LogP contribution in [-0.2, 0) is 9.47 Å². The van der Waals surface area contributed by atoms with Crippen LogP contribution in [0.5, 0.6) is 0 Å². The smallest absolute Gasteiger partial charge is 0.339 e. The molecule has 18 heavy (non-hydrogen) atoms. The summed E-state index contributed by atoms with van der Waals surface area (Å²) < 4.78 is 10.6. The molecular weight excluding hydrogens is 252 g/mol. The van der Waals surface area contributed by atoms with E-state index in [2.05, 4.69) is 6.92 Å². The van der Waals surface area contributed by atoms with Crippen molar-refractivity contribution in [1.82, 2.24) is 0 Å². The van der Waals surface area contributed by atoms with Gasteiger partial charge in [0.2, 0.25) is 0 Å². The van der Waals surface area contributed by atoms with Crippen molar-refractivity contribution in [3.63, 3.8) is 0 Å². The third kappa shape index (κ3) is 5.07. The monoisotopic (exact) mass is 270 g/mol. The fraction of sp³-hybridized carbons (Fsp3) is 0.500. The van der Waals surface area contributed by atoms with Crippen LogP contribution in [0.2, 0.25) is 5.02 Å². The van der Waals surface area contributed by atoms with Crippen molar-refractivity contribution in [3.8, 4) is 0 Å². The van der Waals surface area contributed by atoms with Crippen molar-refractivity contribution in [1.29, 1.82) is 0 Å². The molecule has 3 nitrogen and oxygen atoms in total. The summed E-state index contributed by atoms with van der Waals surface area (Å²) in [6, 6.07) is 6.84. The minimum Gasteiger partial charge on any atom is -0.457 e. The van der Waals surface area contributed by atoms with Crippen molar-refractivity contribution in [3.05, 3.63) is 34.9 Å². The predicted octanol–water partition coefficient (Wildman–Crippen LogP) is 3.70. The van der Waals surface area contributed by atoms with Gasteiger partial charge in [-0.2, -0.15) is 0 Å². The van der Waals surface area contributed by atoms with Gasteiger partial charge in [-0.05, 0) is 25.5 Å². The lowest BCUT2D eigenvalue weighted by Gasteiger charge is -2.14. The number of carbonyl (C=O) groups is 1. The van der Waals surface area contributed by atoms with Gasteiger partial charge in [-0.25, -0.2) is 4.79 Å². The second kappa shape index (κ2) is 8.11. The molecule has 0 aliphatic heterocycles. The molecule has 1 atom stereocenters. The van der Waals surface area contributed by atoms with Gasteiger partial charge in [0.15, 0.2) is 0 Å². The highest BCUT2D eigenvalue weighted by Gasteiger charge is 2.14. The van der Waals surface area contributed by atoms with E-state index in [9.17, 15) is 4.79 Å². The Morgan fingerprint density at radius 1 is 1.39 bits per heavy atom. The highest BCUT2D eigenvalue weighted by Crippen LogP contribution is 2.16. The first-order chi connectivity index (χ1) is 8.65. The molecule has 0 N–H and O–H groups in total. The third-order valence-electron chi connectivity index (χ3n) is 2.40. The first kappa shape index (κ1) is 15.0. The van der Waals surface area contributed by atoms with Gasteiger partial charge in [0, 0.05) is 6.61 Å². The predicted molar refractivity (Wildman–Crippen MR) is 72.1 cm³/mol. The first-order valence-electron chi connectivity index (χ1n) is 6.18. The highest BCUT2D eigenvalue weighted by atomic mass is 35.5. The second-order valence-electron chi connectivity index (χ2n) is 4.12. The highest BCUT2D eigenvalue weighted by molar-refractivity contribution is 6.33. The second-order valence-corrected chi connectivity index (χ2v) is 4.53. The van der Waals surface area contributed by atoms with Crippen molar-refractivity contribution < 1.29 is 14.3 Å². The van der Waals surface area contributed by atoms with E-state index in [1.54, 1.807) is 31.2 Å². The minimum absolute atomic E-state index is 0.273. The zero-order valence-corrected chi connectivity index (χ0v) is 11.6. The maximum Gasteiger partial charge on any atom is 0.339 e. The quantitative estimate of drug-likeness (QED) is 0.560. The van der Waals surface area contributed by atoms with Crippen LogP contribution >= 0.6 is 11.6 Å². The minimum atomic E-state index is -0.410. The summed E-state index contributed by atoms with van der Waals surface area (Å²) in [4.78, 5) is 11.8. The Labute approximate surface area is 113 Å². The average molecular weight is 271 g/mol. The third-order valence-corrected chi connectivity index (χ3v) is 2.73. The number of esters is 1. The SMILES string of the molecule is CCCCOCC(C)OC(=O)c1ccccc1Cl. The summed E-state index contributed by atoms with van der Waals surface area (Å²) in [5, 5.41) is 0.404. The number of ether oxygens (including phenoxy) is 2. The molecule has 0 aromatic heterocycles. The maximum absolute atomic E-state index is 11.8. The van der Waals surface area contributed by atoms with E-state index in [-0.39, 0.29) is 6.10 Å². The van der Waals surface area contributed by atoms with Gasteiger partial charge in [-0.15, -0.1) is 0 Å². The van der Waals surface area contributed by atoms with E-state index in [1.165, 1.54) is 0 Å². The first-order valence-corrected chi connectivity index (χ1v) is 6.56. The van der Waals surface area contributed by atoms with Crippen molar-refractivity contribution in [2.24, 2.45) is 0 Å². The van der Waals surface area contributed by atoms with Crippen LogP contribution in [0.1, 0.15) is 37.0 Å². The van der Waals surface area contributed by atoms with Gasteiger partial charge < -0.3 is 9.47 Å². The number of carbonyl (C=O) groups excluding carboxylic acids is 1. The Balaban J connectivity index is 2.38. The van der Waals surface area contributed by atoms with Crippen molar-refractivity contribution >= 4 is 17.6 Å². The Morgan fingerprint density at radius 2 is 2.11 bits per heavy atom. The van der Waals surface area contributed by atoms with Crippen LogP contribution in [0, 0.1) is 0 Å². The fourth-order valence-electron chi connectivity index (χ4n) is 1.40. The van der Waals surface area contributed by atoms with E-state index in [1.807, 2.05) is 0 Å². The molecule has 0 spiro atoms. The molecule has 0 aliphatic rings. The van der Waals surface area contributed by atoms with E-state index in [4.69, 9.17) is 21.1 Å². The largest absolute Gasteiger partial charge is 0.457 e. The van der Waals surface area contributed by atoms with Crippen LogP contribution in [0.4, 0.5) is 0 Å². The standard InChI is InChI=1S/C14H19ClO3/c1-3-4-9-17-10-11(2)18-14(16)12-7-5-6-8-13(12)15/h5-8,11H,3-4,9-10H2,1-2H3. The number of hydrogen-bond donors (Lipinski definition) is 0. The molecule has 0 saturated heterocycles. The molecule has 0 radical (unpaired) electrons. The lowest BCUT2D eigenvalue weighted by molar-refractivity contribution is 0.00171. The summed E-state index contributed by atoms with van der Waals surface area (Å²) >= 11 is 5.92. The summed E-state index contributed by atoms with van der Waals surface area (Å²) in [6.07, 6.45) is 1.84. The van der Waals surface area contributed by atoms with E-state index in [0.29, 0.717) is 23.8 Å². The molecule has 1 rings (SSSR count). The molecule has 100 valence electrons. The number of halogens is 1. The van der Waals surface area contributed by atoms with Crippen LogP contribution in [-0.4, -0.2) is 25.3 Å². The average Bonchev–Trinajstić information content (AvgIpc) is 2.35. The van der Waals surface area contributed by atoms with Gasteiger partial charge in [0.1, 0.15) is 6.10 Å². The number of unbranched alkanes of at least 4 members (excludes halogenated alkanes) is 1. The molecule has 4 heteroatoms. The van der Waals surface area contributed by atoms with Crippen molar-refractivity contribution in [2.45, 2.75) is 32.8 Å². The summed E-state index contributed by atoms with van der Waals surface area (Å²) in [5.74, 6) is -0.410. The zero-order chi connectivity index (χ0) is 13.4. The van der Waals surface area contributed by atoms with Crippen molar-refractivity contribution in [2.75, 3.05) is 13.2 Å². The summed E-state index contributed by atoms with van der Waals surface area (Å²) in [5.41, 5.74) is 0.388. The molecule has 1 aromatic rings. The van der Waals surface area contributed by atoms with Crippen LogP contribution in [0.3, 0.4) is 0 Å². The lowest BCUT2D eigenvalue weighted by Crippen LogP contribution is -2.21. The van der Waals surface area contributed by atoms with E-state index >= 15 is 0 Å². The molecule has 0 fully saturated rings. The molecular formula is C14H19ClO3. The van der Waals surface area contributed by atoms with Crippen LogP contribution < -0.4 is 0 Å².